The molecule has 1 aromatic heterocycles. The van der Waals surface area contributed by atoms with Gasteiger partial charge in [0.1, 0.15) is 5.03 Å². The molecule has 0 saturated heterocycles. The van der Waals surface area contributed by atoms with E-state index >= 15 is 0 Å². The van der Waals surface area contributed by atoms with E-state index in [1.165, 1.54) is 11.8 Å². The predicted molar refractivity (Wildman–Crippen MR) is 105 cm³/mol. The van der Waals surface area contributed by atoms with Crippen molar-refractivity contribution in [3.63, 3.8) is 0 Å². The summed E-state index contributed by atoms with van der Waals surface area (Å²) in [6.07, 6.45) is 5.96. The molecule has 2 N–H and O–H groups in total. The predicted octanol–water partition coefficient (Wildman–Crippen LogP) is 4.14. The number of nitrogens with one attached hydrogen (secondary N) is 2. The van der Waals surface area contributed by atoms with Crippen molar-refractivity contribution in [3.05, 3.63) is 53.2 Å². The lowest BCUT2D eigenvalue weighted by molar-refractivity contribution is -0.113. The van der Waals surface area contributed by atoms with Gasteiger partial charge in [-0.1, -0.05) is 48.3 Å². The van der Waals surface area contributed by atoms with Crippen LogP contribution < -0.4 is 10.6 Å². The van der Waals surface area contributed by atoms with Crippen LogP contribution in [0.1, 0.15) is 36.0 Å². The van der Waals surface area contributed by atoms with Crippen molar-refractivity contribution < 1.29 is 9.59 Å². The number of amides is 2. The highest BCUT2D eigenvalue weighted by molar-refractivity contribution is 8.00. The van der Waals surface area contributed by atoms with Gasteiger partial charge in [0.2, 0.25) is 5.91 Å². The summed E-state index contributed by atoms with van der Waals surface area (Å²) in [7, 11) is 0. The van der Waals surface area contributed by atoms with Crippen LogP contribution in [0.4, 0.5) is 5.69 Å². The van der Waals surface area contributed by atoms with Gasteiger partial charge in [0.25, 0.3) is 5.91 Å². The Morgan fingerprint density at radius 1 is 1.15 bits per heavy atom. The minimum atomic E-state index is -0.210. The van der Waals surface area contributed by atoms with E-state index in [1.54, 1.807) is 42.6 Å². The summed E-state index contributed by atoms with van der Waals surface area (Å²) >= 11 is 7.31. The van der Waals surface area contributed by atoms with E-state index in [-0.39, 0.29) is 23.6 Å². The molecule has 2 aromatic rings. The van der Waals surface area contributed by atoms with Crippen LogP contribution in [0.2, 0.25) is 5.02 Å². The summed E-state index contributed by atoms with van der Waals surface area (Å²) in [6.45, 7) is 0. The average Bonchev–Trinajstić information content (AvgIpc) is 3.14. The molecule has 1 heterocycles. The van der Waals surface area contributed by atoms with Gasteiger partial charge >= 0.3 is 0 Å². The minimum Gasteiger partial charge on any atom is -0.349 e. The summed E-state index contributed by atoms with van der Waals surface area (Å²) in [6, 6.07) is 10.8. The second-order valence-corrected chi connectivity index (χ2v) is 7.50. The molecule has 2 amide bonds. The fourth-order valence-electron chi connectivity index (χ4n) is 2.92. The highest BCUT2D eigenvalue weighted by atomic mass is 35.5. The summed E-state index contributed by atoms with van der Waals surface area (Å²) in [5.74, 6) is -0.193. The zero-order valence-electron chi connectivity index (χ0n) is 14.2. The molecule has 0 atom stereocenters. The average molecular weight is 390 g/mol. The Morgan fingerprint density at radius 2 is 1.92 bits per heavy atom. The first-order valence-corrected chi connectivity index (χ1v) is 9.93. The Morgan fingerprint density at radius 3 is 2.69 bits per heavy atom. The van der Waals surface area contributed by atoms with Gasteiger partial charge in [-0.15, -0.1) is 0 Å². The first kappa shape index (κ1) is 18.7. The number of pyridine rings is 1. The second-order valence-electron chi connectivity index (χ2n) is 6.13. The van der Waals surface area contributed by atoms with Gasteiger partial charge in [-0.05, 0) is 37.1 Å². The summed E-state index contributed by atoms with van der Waals surface area (Å²) in [5, 5.41) is 6.99. The molecule has 1 aliphatic rings. The van der Waals surface area contributed by atoms with Crippen molar-refractivity contribution in [3.8, 4) is 0 Å². The lowest BCUT2D eigenvalue weighted by atomic mass is 10.1. The quantitative estimate of drug-likeness (QED) is 0.728. The van der Waals surface area contributed by atoms with Crippen LogP contribution in [0, 0.1) is 0 Å². The lowest BCUT2D eigenvalue weighted by Crippen LogP contribution is -2.33. The number of nitrogens with zero attached hydrogens (tertiary/aromatic N) is 1. The molecule has 0 radical (unpaired) electrons. The number of carbonyl (C=O) groups is 2. The third-order valence-electron chi connectivity index (χ3n) is 4.20. The SMILES string of the molecule is O=C(CSc1ncccc1Cl)Nc1ccccc1C(=O)NC1CCCC1. The van der Waals surface area contributed by atoms with Crippen LogP contribution in [-0.4, -0.2) is 28.6 Å². The Hall–Kier alpha value is -2.05. The van der Waals surface area contributed by atoms with E-state index in [1.807, 2.05) is 0 Å². The number of hydrogen-bond donors (Lipinski definition) is 2. The van der Waals surface area contributed by atoms with Crippen LogP contribution in [0.15, 0.2) is 47.6 Å². The van der Waals surface area contributed by atoms with Crippen molar-refractivity contribution >= 4 is 40.9 Å². The molecule has 1 fully saturated rings. The van der Waals surface area contributed by atoms with Crippen LogP contribution in [0.3, 0.4) is 0 Å². The molecule has 0 spiro atoms. The molecule has 0 unspecified atom stereocenters. The number of anilines is 1. The van der Waals surface area contributed by atoms with Crippen molar-refractivity contribution in [2.24, 2.45) is 0 Å². The Kier molecular flexibility index (Phi) is 6.52. The van der Waals surface area contributed by atoms with Gasteiger partial charge in [-0.25, -0.2) is 4.98 Å². The normalized spacial score (nSPS) is 14.2. The molecular formula is C19H20ClN3O2S. The number of aromatic nitrogens is 1. The first-order valence-electron chi connectivity index (χ1n) is 8.56. The summed E-state index contributed by atoms with van der Waals surface area (Å²) in [4.78, 5) is 29.0. The maximum atomic E-state index is 12.5. The second kappa shape index (κ2) is 9.05. The number of carbonyl (C=O) groups excluding carboxylic acids is 2. The fourth-order valence-corrected chi connectivity index (χ4v) is 3.89. The van der Waals surface area contributed by atoms with E-state index in [0.717, 1.165) is 25.7 Å². The molecule has 136 valence electrons. The molecule has 0 bridgehead atoms. The molecule has 26 heavy (non-hydrogen) atoms. The van der Waals surface area contributed by atoms with E-state index in [4.69, 9.17) is 11.6 Å². The third-order valence-corrected chi connectivity index (χ3v) is 5.62. The van der Waals surface area contributed by atoms with Gasteiger partial charge < -0.3 is 10.6 Å². The number of benzene rings is 1. The highest BCUT2D eigenvalue weighted by Gasteiger charge is 2.20. The van der Waals surface area contributed by atoms with Gasteiger partial charge in [-0.2, -0.15) is 0 Å². The van der Waals surface area contributed by atoms with Crippen molar-refractivity contribution in [1.82, 2.24) is 10.3 Å². The van der Waals surface area contributed by atoms with Gasteiger partial charge in [0.15, 0.2) is 0 Å². The Labute approximate surface area is 161 Å². The van der Waals surface area contributed by atoms with Gasteiger partial charge in [0.05, 0.1) is 22.0 Å². The zero-order valence-corrected chi connectivity index (χ0v) is 15.8. The van der Waals surface area contributed by atoms with E-state index in [2.05, 4.69) is 15.6 Å². The van der Waals surface area contributed by atoms with E-state index in [9.17, 15) is 9.59 Å². The minimum absolute atomic E-state index is 0.145. The summed E-state index contributed by atoms with van der Waals surface area (Å²) in [5.41, 5.74) is 0.995. The Bertz CT molecular complexity index is 794. The van der Waals surface area contributed by atoms with Crippen molar-refractivity contribution in [2.75, 3.05) is 11.1 Å². The van der Waals surface area contributed by atoms with Crippen molar-refractivity contribution in [2.45, 2.75) is 36.8 Å². The van der Waals surface area contributed by atoms with Crippen LogP contribution >= 0.6 is 23.4 Å². The molecule has 5 nitrogen and oxygen atoms in total. The summed E-state index contributed by atoms with van der Waals surface area (Å²) < 4.78 is 0. The molecule has 3 rings (SSSR count). The first-order chi connectivity index (χ1) is 12.6. The number of para-hydroxylation sites is 1. The number of halogens is 1. The third kappa shape index (κ3) is 4.99. The Balaban J connectivity index is 1.61. The molecule has 1 aliphatic carbocycles. The number of thioether (sulfide) groups is 1. The standard InChI is InChI=1S/C19H20ClN3O2S/c20-15-9-5-11-21-19(15)26-12-17(24)23-16-10-4-3-8-14(16)18(25)22-13-6-1-2-7-13/h3-5,8-11,13H,1-2,6-7,12H2,(H,22,25)(H,23,24). The van der Waals surface area contributed by atoms with Crippen LogP contribution in [0.25, 0.3) is 0 Å². The largest absolute Gasteiger partial charge is 0.349 e. The van der Waals surface area contributed by atoms with E-state index in [0.29, 0.717) is 21.3 Å². The monoisotopic (exact) mass is 389 g/mol. The maximum Gasteiger partial charge on any atom is 0.253 e. The van der Waals surface area contributed by atoms with Gasteiger partial charge in [0, 0.05) is 12.2 Å². The molecule has 0 aliphatic heterocycles. The molecule has 1 saturated carbocycles. The highest BCUT2D eigenvalue weighted by Crippen LogP contribution is 2.25. The number of hydrogen-bond acceptors (Lipinski definition) is 4. The zero-order chi connectivity index (χ0) is 18.4. The number of rotatable bonds is 6. The molecule has 1 aromatic carbocycles. The lowest BCUT2D eigenvalue weighted by Gasteiger charge is -2.15. The van der Waals surface area contributed by atoms with Gasteiger partial charge in [-0.3, -0.25) is 9.59 Å². The molecule has 7 heteroatoms. The topological polar surface area (TPSA) is 71.1 Å². The van der Waals surface area contributed by atoms with Crippen LogP contribution in [-0.2, 0) is 4.79 Å². The van der Waals surface area contributed by atoms with Crippen molar-refractivity contribution in [1.29, 1.82) is 0 Å². The van der Waals surface area contributed by atoms with Crippen LogP contribution in [0.5, 0.6) is 0 Å². The molecular weight excluding hydrogens is 370 g/mol. The van der Waals surface area contributed by atoms with E-state index < -0.39 is 0 Å². The fraction of sp³-hybridized carbons (Fsp3) is 0.316. The maximum absolute atomic E-state index is 12.5. The smallest absolute Gasteiger partial charge is 0.253 e.